The van der Waals surface area contributed by atoms with E-state index in [4.69, 9.17) is 0 Å². The van der Waals surface area contributed by atoms with Crippen molar-refractivity contribution in [3.63, 3.8) is 0 Å². The number of carbonyl (C=O) groups is 1. The van der Waals surface area contributed by atoms with E-state index in [2.05, 4.69) is 10.6 Å². The van der Waals surface area contributed by atoms with Gasteiger partial charge >= 0.3 is 6.03 Å². The van der Waals surface area contributed by atoms with E-state index < -0.39 is 11.6 Å². The molecule has 1 atom stereocenters. The van der Waals surface area contributed by atoms with Crippen LogP contribution in [0.4, 0.5) is 10.5 Å². The molecule has 6 nitrogen and oxygen atoms in total. The van der Waals surface area contributed by atoms with Crippen LogP contribution in [0.3, 0.4) is 0 Å². The van der Waals surface area contributed by atoms with Crippen LogP contribution in [-0.4, -0.2) is 27.9 Å². The van der Waals surface area contributed by atoms with Gasteiger partial charge in [0.05, 0.1) is 17.8 Å². The van der Waals surface area contributed by atoms with Gasteiger partial charge in [0.15, 0.2) is 0 Å². The van der Waals surface area contributed by atoms with Gasteiger partial charge in [-0.1, -0.05) is 13.8 Å². The molecule has 0 aliphatic rings. The average molecular weight is 281 g/mol. The molecular weight excluding hydrogens is 258 g/mol. The number of pyridine rings is 1. The van der Waals surface area contributed by atoms with Gasteiger partial charge in [-0.05, 0) is 25.8 Å². The van der Waals surface area contributed by atoms with Crippen molar-refractivity contribution in [3.8, 4) is 0 Å². The predicted octanol–water partition coefficient (Wildman–Crippen LogP) is 1.54. The zero-order chi connectivity index (χ0) is 15.2. The van der Waals surface area contributed by atoms with Crippen LogP contribution in [0.5, 0.6) is 0 Å². The van der Waals surface area contributed by atoms with Crippen LogP contribution in [0.25, 0.3) is 0 Å². The number of amides is 2. The second-order valence-electron chi connectivity index (χ2n) is 5.10. The van der Waals surface area contributed by atoms with Crippen LogP contribution in [0.1, 0.15) is 33.6 Å². The average Bonchev–Trinajstić information content (AvgIpc) is 2.42. The summed E-state index contributed by atoms with van der Waals surface area (Å²) in [5.41, 5.74) is -0.194. The molecule has 1 aromatic rings. The number of hydrogen-bond acceptors (Lipinski definition) is 3. The zero-order valence-corrected chi connectivity index (χ0v) is 12.3. The highest BCUT2D eigenvalue weighted by Gasteiger charge is 2.23. The van der Waals surface area contributed by atoms with Gasteiger partial charge in [0.25, 0.3) is 5.56 Å². The van der Waals surface area contributed by atoms with Gasteiger partial charge < -0.3 is 20.3 Å². The monoisotopic (exact) mass is 281 g/mol. The molecule has 1 rings (SSSR count). The molecule has 0 fully saturated rings. The lowest BCUT2D eigenvalue weighted by Crippen LogP contribution is -2.50. The summed E-state index contributed by atoms with van der Waals surface area (Å²) in [6, 6.07) is 2.59. The Bertz CT molecular complexity index is 507. The zero-order valence-electron chi connectivity index (χ0n) is 12.3. The van der Waals surface area contributed by atoms with Gasteiger partial charge in [0, 0.05) is 18.8 Å². The van der Waals surface area contributed by atoms with E-state index in [0.29, 0.717) is 18.7 Å². The van der Waals surface area contributed by atoms with Gasteiger partial charge in [0.1, 0.15) is 0 Å². The molecule has 0 saturated carbocycles. The standard InChI is InChI=1S/C14H23N3O3/c1-4-8-17-9-11(6-7-12(17)19)15-13(20)16-14(3,5-2)10-18/h6-7,9,18H,4-5,8,10H2,1-3H3,(H2,15,16,20)/t14-/m0/s1. The minimum Gasteiger partial charge on any atom is -0.394 e. The number of nitrogens with zero attached hydrogens (tertiary/aromatic N) is 1. The molecule has 0 aromatic carbocycles. The maximum Gasteiger partial charge on any atom is 0.319 e. The quantitative estimate of drug-likeness (QED) is 0.739. The summed E-state index contributed by atoms with van der Waals surface area (Å²) in [5, 5.41) is 14.7. The van der Waals surface area contributed by atoms with Crippen molar-refractivity contribution in [2.75, 3.05) is 11.9 Å². The van der Waals surface area contributed by atoms with E-state index in [-0.39, 0.29) is 12.2 Å². The molecule has 112 valence electrons. The third-order valence-corrected chi connectivity index (χ3v) is 3.25. The number of nitrogens with one attached hydrogen (secondary N) is 2. The van der Waals surface area contributed by atoms with Crippen molar-refractivity contribution in [1.82, 2.24) is 9.88 Å². The summed E-state index contributed by atoms with van der Waals surface area (Å²) < 4.78 is 1.56. The van der Waals surface area contributed by atoms with E-state index in [9.17, 15) is 14.7 Å². The molecule has 0 spiro atoms. The first-order valence-electron chi connectivity index (χ1n) is 6.84. The normalized spacial score (nSPS) is 13.6. The van der Waals surface area contributed by atoms with E-state index in [1.165, 1.54) is 6.07 Å². The lowest BCUT2D eigenvalue weighted by atomic mass is 10.0. The molecule has 0 unspecified atom stereocenters. The first-order chi connectivity index (χ1) is 9.44. The topological polar surface area (TPSA) is 83.4 Å². The first kappa shape index (κ1) is 16.2. The molecule has 0 radical (unpaired) electrons. The van der Waals surface area contributed by atoms with Crippen molar-refractivity contribution >= 4 is 11.7 Å². The fourth-order valence-electron chi connectivity index (χ4n) is 1.70. The van der Waals surface area contributed by atoms with Gasteiger partial charge in [-0.15, -0.1) is 0 Å². The molecule has 0 aliphatic heterocycles. The Hall–Kier alpha value is -1.82. The fraction of sp³-hybridized carbons (Fsp3) is 0.571. The molecule has 0 saturated heterocycles. The van der Waals surface area contributed by atoms with Crippen molar-refractivity contribution in [1.29, 1.82) is 0 Å². The Morgan fingerprint density at radius 2 is 2.10 bits per heavy atom. The Labute approximate surface area is 118 Å². The minimum absolute atomic E-state index is 0.0911. The number of urea groups is 1. The van der Waals surface area contributed by atoms with Gasteiger partial charge in [-0.2, -0.15) is 0 Å². The molecule has 1 heterocycles. The van der Waals surface area contributed by atoms with Crippen LogP contribution in [0.15, 0.2) is 23.1 Å². The number of aryl methyl sites for hydroxylation is 1. The lowest BCUT2D eigenvalue weighted by molar-refractivity contribution is 0.172. The summed E-state index contributed by atoms with van der Waals surface area (Å²) >= 11 is 0. The van der Waals surface area contributed by atoms with Crippen LogP contribution in [-0.2, 0) is 6.54 Å². The van der Waals surface area contributed by atoms with Gasteiger partial charge in [-0.3, -0.25) is 4.79 Å². The van der Waals surface area contributed by atoms with E-state index in [1.54, 1.807) is 23.8 Å². The first-order valence-corrected chi connectivity index (χ1v) is 6.84. The molecule has 0 aliphatic carbocycles. The molecule has 3 N–H and O–H groups in total. The number of hydrogen-bond donors (Lipinski definition) is 3. The molecule has 0 bridgehead atoms. The Kier molecular flexibility index (Phi) is 5.76. The molecular formula is C14H23N3O3. The van der Waals surface area contributed by atoms with E-state index in [1.807, 2.05) is 13.8 Å². The summed E-state index contributed by atoms with van der Waals surface area (Å²) in [7, 11) is 0. The number of carbonyl (C=O) groups excluding carboxylic acids is 1. The van der Waals surface area contributed by atoms with E-state index >= 15 is 0 Å². The van der Waals surface area contributed by atoms with Crippen molar-refractivity contribution in [2.24, 2.45) is 0 Å². The summed E-state index contributed by atoms with van der Waals surface area (Å²) in [5.74, 6) is 0. The molecule has 2 amide bonds. The highest BCUT2D eigenvalue weighted by Crippen LogP contribution is 2.09. The molecule has 20 heavy (non-hydrogen) atoms. The van der Waals surface area contributed by atoms with Crippen molar-refractivity contribution < 1.29 is 9.90 Å². The Balaban J connectivity index is 2.76. The fourth-order valence-corrected chi connectivity index (χ4v) is 1.70. The Morgan fingerprint density at radius 3 is 2.65 bits per heavy atom. The second kappa shape index (κ2) is 7.09. The van der Waals surface area contributed by atoms with Crippen LogP contribution in [0, 0.1) is 0 Å². The summed E-state index contributed by atoms with van der Waals surface area (Å²) in [6.45, 7) is 6.11. The number of aliphatic hydroxyl groups is 1. The maximum atomic E-state index is 11.9. The predicted molar refractivity (Wildman–Crippen MR) is 78.9 cm³/mol. The van der Waals surface area contributed by atoms with Crippen LogP contribution >= 0.6 is 0 Å². The highest BCUT2D eigenvalue weighted by molar-refractivity contribution is 5.89. The number of aromatic nitrogens is 1. The largest absolute Gasteiger partial charge is 0.394 e. The van der Waals surface area contributed by atoms with Crippen LogP contribution < -0.4 is 16.2 Å². The van der Waals surface area contributed by atoms with Crippen molar-refractivity contribution in [2.45, 2.75) is 45.7 Å². The number of anilines is 1. The summed E-state index contributed by atoms with van der Waals surface area (Å²) in [4.78, 5) is 23.4. The Morgan fingerprint density at radius 1 is 1.40 bits per heavy atom. The lowest BCUT2D eigenvalue weighted by Gasteiger charge is -2.27. The van der Waals surface area contributed by atoms with Crippen molar-refractivity contribution in [3.05, 3.63) is 28.7 Å². The van der Waals surface area contributed by atoms with Gasteiger partial charge in [-0.25, -0.2) is 4.79 Å². The van der Waals surface area contributed by atoms with E-state index in [0.717, 1.165) is 6.42 Å². The van der Waals surface area contributed by atoms with Gasteiger partial charge in [0.2, 0.25) is 0 Å². The summed E-state index contributed by atoms with van der Waals surface area (Å²) in [6.07, 6.45) is 3.08. The minimum atomic E-state index is -0.651. The number of aliphatic hydroxyl groups excluding tert-OH is 1. The molecule has 1 aromatic heterocycles. The third kappa shape index (κ3) is 4.38. The number of rotatable bonds is 6. The van der Waals surface area contributed by atoms with Crippen LogP contribution in [0.2, 0.25) is 0 Å². The third-order valence-electron chi connectivity index (χ3n) is 3.25. The SMILES string of the molecule is CCCn1cc(NC(=O)N[C@@](C)(CC)CO)ccc1=O. The smallest absolute Gasteiger partial charge is 0.319 e. The second-order valence-corrected chi connectivity index (χ2v) is 5.10. The molecule has 6 heteroatoms. The highest BCUT2D eigenvalue weighted by atomic mass is 16.3. The maximum absolute atomic E-state index is 11.9.